The van der Waals surface area contributed by atoms with Crippen molar-refractivity contribution < 1.29 is 4.74 Å². The Morgan fingerprint density at radius 3 is 2.72 bits per heavy atom. The zero-order chi connectivity index (χ0) is 12.8. The van der Waals surface area contributed by atoms with Gasteiger partial charge in [-0.25, -0.2) is 0 Å². The lowest BCUT2D eigenvalue weighted by molar-refractivity contribution is -0.0187. The summed E-state index contributed by atoms with van der Waals surface area (Å²) < 4.78 is 5.76. The predicted octanol–water partition coefficient (Wildman–Crippen LogP) is 1.95. The average molecular weight is 275 g/mol. The summed E-state index contributed by atoms with van der Waals surface area (Å²) in [5, 5.41) is 3.60. The Kier molecular flexibility index (Phi) is 6.22. The van der Waals surface area contributed by atoms with E-state index in [1.54, 1.807) is 0 Å². The maximum absolute atomic E-state index is 6.06. The van der Waals surface area contributed by atoms with Crippen LogP contribution in [0.15, 0.2) is 0 Å². The molecule has 0 amide bonds. The first kappa shape index (κ1) is 14.6. The van der Waals surface area contributed by atoms with Crippen molar-refractivity contribution in [2.75, 3.05) is 45.7 Å². The molecule has 0 bridgehead atoms. The van der Waals surface area contributed by atoms with E-state index in [4.69, 9.17) is 16.3 Å². The maximum atomic E-state index is 6.06. The van der Waals surface area contributed by atoms with Gasteiger partial charge in [-0.1, -0.05) is 12.8 Å². The zero-order valence-corrected chi connectivity index (χ0v) is 12.3. The summed E-state index contributed by atoms with van der Waals surface area (Å²) in [7, 11) is 2.17. The van der Waals surface area contributed by atoms with Crippen molar-refractivity contribution in [2.45, 2.75) is 31.8 Å². The Bertz CT molecular complexity index is 240. The Morgan fingerprint density at radius 2 is 2.00 bits per heavy atom. The van der Waals surface area contributed by atoms with Gasteiger partial charge in [-0.15, -0.1) is 11.6 Å². The van der Waals surface area contributed by atoms with Crippen molar-refractivity contribution in [1.29, 1.82) is 0 Å². The van der Waals surface area contributed by atoms with E-state index in [2.05, 4.69) is 17.3 Å². The highest BCUT2D eigenvalue weighted by atomic mass is 35.5. The van der Waals surface area contributed by atoms with Crippen LogP contribution in [0, 0.1) is 11.8 Å². The molecule has 0 spiro atoms. The summed E-state index contributed by atoms with van der Waals surface area (Å²) in [5.41, 5.74) is 0. The normalized spacial score (nSPS) is 34.7. The summed E-state index contributed by atoms with van der Waals surface area (Å²) in [6, 6.07) is 0. The number of likely N-dealkylation sites (N-methyl/N-ethyl adjacent to an activating group) is 1. The van der Waals surface area contributed by atoms with Gasteiger partial charge in [-0.05, 0) is 38.3 Å². The SMILES string of the molecule is CN1CCOC(CNCC2CCCCC2CCl)C1. The third-order valence-corrected chi connectivity index (χ3v) is 4.78. The zero-order valence-electron chi connectivity index (χ0n) is 11.5. The first-order valence-corrected chi connectivity index (χ1v) is 7.90. The van der Waals surface area contributed by atoms with Crippen molar-refractivity contribution in [3.8, 4) is 0 Å². The van der Waals surface area contributed by atoms with Crippen LogP contribution >= 0.6 is 11.6 Å². The fourth-order valence-electron chi connectivity index (χ4n) is 3.18. The smallest absolute Gasteiger partial charge is 0.0826 e. The molecular formula is C14H27ClN2O. The van der Waals surface area contributed by atoms with E-state index in [9.17, 15) is 0 Å². The van der Waals surface area contributed by atoms with E-state index < -0.39 is 0 Å². The number of nitrogens with one attached hydrogen (secondary N) is 1. The van der Waals surface area contributed by atoms with Gasteiger partial charge in [0.15, 0.2) is 0 Å². The number of ether oxygens (including phenoxy) is 1. The van der Waals surface area contributed by atoms with Gasteiger partial charge in [0.25, 0.3) is 0 Å². The van der Waals surface area contributed by atoms with Crippen LogP contribution in [-0.2, 0) is 4.74 Å². The highest BCUT2D eigenvalue weighted by molar-refractivity contribution is 6.18. The van der Waals surface area contributed by atoms with E-state index in [-0.39, 0.29) is 0 Å². The van der Waals surface area contributed by atoms with E-state index in [0.717, 1.165) is 50.5 Å². The minimum Gasteiger partial charge on any atom is -0.374 e. The lowest BCUT2D eigenvalue weighted by Crippen LogP contribution is -2.46. The van der Waals surface area contributed by atoms with Gasteiger partial charge >= 0.3 is 0 Å². The highest BCUT2D eigenvalue weighted by Crippen LogP contribution is 2.30. The van der Waals surface area contributed by atoms with E-state index in [1.807, 2.05) is 0 Å². The number of hydrogen-bond acceptors (Lipinski definition) is 3. The first-order valence-electron chi connectivity index (χ1n) is 7.36. The molecule has 2 fully saturated rings. The van der Waals surface area contributed by atoms with Gasteiger partial charge in [-0.3, -0.25) is 0 Å². The Labute approximate surface area is 116 Å². The molecule has 106 valence electrons. The molecule has 0 radical (unpaired) electrons. The fraction of sp³-hybridized carbons (Fsp3) is 1.00. The van der Waals surface area contributed by atoms with E-state index in [0.29, 0.717) is 6.10 Å². The van der Waals surface area contributed by atoms with Crippen LogP contribution in [0.1, 0.15) is 25.7 Å². The molecule has 3 atom stereocenters. The molecule has 1 saturated heterocycles. The van der Waals surface area contributed by atoms with Crippen LogP contribution < -0.4 is 5.32 Å². The van der Waals surface area contributed by atoms with Crippen molar-refractivity contribution in [3.63, 3.8) is 0 Å². The third-order valence-electron chi connectivity index (χ3n) is 4.39. The number of morpholine rings is 1. The first-order chi connectivity index (χ1) is 8.79. The Balaban J connectivity index is 1.64. The Hall–Kier alpha value is 0.170. The summed E-state index contributed by atoms with van der Waals surface area (Å²) in [6.45, 7) is 5.08. The molecule has 3 unspecified atom stereocenters. The number of halogens is 1. The minimum absolute atomic E-state index is 0.363. The monoisotopic (exact) mass is 274 g/mol. The summed E-state index contributed by atoms with van der Waals surface area (Å²) in [5.74, 6) is 2.33. The molecule has 0 aromatic carbocycles. The van der Waals surface area contributed by atoms with Crippen LogP contribution in [0.25, 0.3) is 0 Å². The summed E-state index contributed by atoms with van der Waals surface area (Å²) >= 11 is 6.06. The van der Waals surface area contributed by atoms with Gasteiger partial charge in [0, 0.05) is 25.5 Å². The van der Waals surface area contributed by atoms with Crippen LogP contribution in [-0.4, -0.2) is 56.7 Å². The molecule has 1 saturated carbocycles. The van der Waals surface area contributed by atoms with E-state index in [1.165, 1.54) is 25.7 Å². The molecular weight excluding hydrogens is 248 g/mol. The fourth-order valence-corrected chi connectivity index (χ4v) is 3.58. The van der Waals surface area contributed by atoms with Gasteiger partial charge in [0.05, 0.1) is 12.7 Å². The molecule has 2 rings (SSSR count). The van der Waals surface area contributed by atoms with Crippen LogP contribution in [0.4, 0.5) is 0 Å². The lowest BCUT2D eigenvalue weighted by atomic mass is 9.80. The molecule has 4 heteroatoms. The lowest BCUT2D eigenvalue weighted by Gasteiger charge is -2.33. The molecule has 0 aromatic rings. The van der Waals surface area contributed by atoms with Gasteiger partial charge < -0.3 is 15.0 Å². The quantitative estimate of drug-likeness (QED) is 0.776. The average Bonchev–Trinajstić information content (AvgIpc) is 2.39. The molecule has 2 aliphatic rings. The largest absolute Gasteiger partial charge is 0.374 e. The Morgan fingerprint density at radius 1 is 1.22 bits per heavy atom. The topological polar surface area (TPSA) is 24.5 Å². The number of alkyl halides is 1. The number of nitrogens with zero attached hydrogens (tertiary/aromatic N) is 1. The van der Waals surface area contributed by atoms with Crippen LogP contribution in [0.3, 0.4) is 0 Å². The van der Waals surface area contributed by atoms with Crippen LogP contribution in [0.5, 0.6) is 0 Å². The second-order valence-electron chi connectivity index (χ2n) is 5.87. The van der Waals surface area contributed by atoms with Gasteiger partial charge in [0.1, 0.15) is 0 Å². The summed E-state index contributed by atoms with van der Waals surface area (Å²) in [4.78, 5) is 2.35. The van der Waals surface area contributed by atoms with Gasteiger partial charge in [-0.2, -0.15) is 0 Å². The highest BCUT2D eigenvalue weighted by Gasteiger charge is 2.24. The number of rotatable bonds is 5. The van der Waals surface area contributed by atoms with Crippen molar-refractivity contribution >= 4 is 11.6 Å². The van der Waals surface area contributed by atoms with Gasteiger partial charge in [0.2, 0.25) is 0 Å². The molecule has 0 aromatic heterocycles. The number of hydrogen-bond donors (Lipinski definition) is 1. The predicted molar refractivity (Wildman–Crippen MR) is 76.3 cm³/mol. The van der Waals surface area contributed by atoms with Crippen molar-refractivity contribution in [3.05, 3.63) is 0 Å². The maximum Gasteiger partial charge on any atom is 0.0826 e. The standard InChI is InChI=1S/C14H27ClN2O/c1-17-6-7-18-14(11-17)10-16-9-13-5-3-2-4-12(13)8-15/h12-14,16H,2-11H2,1H3. The molecule has 18 heavy (non-hydrogen) atoms. The molecule has 1 N–H and O–H groups in total. The molecule has 1 aliphatic heterocycles. The molecule has 1 aliphatic carbocycles. The molecule has 1 heterocycles. The second kappa shape index (κ2) is 7.68. The van der Waals surface area contributed by atoms with E-state index >= 15 is 0 Å². The van der Waals surface area contributed by atoms with Crippen molar-refractivity contribution in [2.24, 2.45) is 11.8 Å². The van der Waals surface area contributed by atoms with Crippen molar-refractivity contribution in [1.82, 2.24) is 10.2 Å². The third kappa shape index (κ3) is 4.37. The minimum atomic E-state index is 0.363. The van der Waals surface area contributed by atoms with Crippen LogP contribution in [0.2, 0.25) is 0 Å². The summed E-state index contributed by atoms with van der Waals surface area (Å²) in [6.07, 6.45) is 5.77. The molecule has 3 nitrogen and oxygen atoms in total. The second-order valence-corrected chi connectivity index (χ2v) is 6.18.